The number of nitrogens with zero attached hydrogens (tertiary/aromatic N) is 3. The molecule has 134 valence electrons. The van der Waals surface area contributed by atoms with Gasteiger partial charge in [-0.15, -0.1) is 0 Å². The molecule has 3 aromatic rings. The highest BCUT2D eigenvalue weighted by Crippen LogP contribution is 2.17. The predicted octanol–water partition coefficient (Wildman–Crippen LogP) is 5.06. The van der Waals surface area contributed by atoms with Crippen LogP contribution in [-0.2, 0) is 0 Å². The fourth-order valence-electron chi connectivity index (χ4n) is 2.49. The molecule has 1 N–H and O–H groups in total. The van der Waals surface area contributed by atoms with Crippen LogP contribution in [0.3, 0.4) is 0 Å². The molecule has 0 unspecified atom stereocenters. The molecule has 0 fully saturated rings. The molecule has 0 bridgehead atoms. The zero-order valence-corrected chi connectivity index (χ0v) is 15.6. The van der Waals surface area contributed by atoms with Crippen molar-refractivity contribution in [2.45, 2.75) is 26.2 Å². The molecular formula is C20H22N4OS. The van der Waals surface area contributed by atoms with Gasteiger partial charge in [-0.25, -0.2) is 5.10 Å². The first-order valence-electron chi connectivity index (χ1n) is 8.78. The first kappa shape index (κ1) is 18.1. The number of H-pyrrole nitrogens is 1. The maximum Gasteiger partial charge on any atom is 0.216 e. The third kappa shape index (κ3) is 4.67. The number of aromatic amines is 1. The number of ether oxygens (including phenoxy) is 1. The molecule has 3 rings (SSSR count). The van der Waals surface area contributed by atoms with Crippen molar-refractivity contribution in [2.75, 3.05) is 6.61 Å². The minimum absolute atomic E-state index is 0.455. The topological polar surface area (TPSA) is 55.2 Å². The van der Waals surface area contributed by atoms with E-state index in [1.54, 1.807) is 10.9 Å². The van der Waals surface area contributed by atoms with Crippen LogP contribution >= 0.6 is 12.2 Å². The molecule has 6 heteroatoms. The van der Waals surface area contributed by atoms with Crippen LogP contribution < -0.4 is 4.74 Å². The van der Waals surface area contributed by atoms with Crippen molar-refractivity contribution >= 4 is 18.4 Å². The van der Waals surface area contributed by atoms with Crippen molar-refractivity contribution in [2.24, 2.45) is 5.10 Å². The van der Waals surface area contributed by atoms with Gasteiger partial charge in [0, 0.05) is 5.56 Å². The Balaban J connectivity index is 1.71. The summed E-state index contributed by atoms with van der Waals surface area (Å²) in [6.45, 7) is 2.94. The van der Waals surface area contributed by atoms with E-state index in [1.165, 1.54) is 12.8 Å². The molecular weight excluding hydrogens is 344 g/mol. The van der Waals surface area contributed by atoms with Crippen LogP contribution in [0.4, 0.5) is 0 Å². The van der Waals surface area contributed by atoms with Crippen LogP contribution in [0.1, 0.15) is 31.7 Å². The van der Waals surface area contributed by atoms with Gasteiger partial charge in [0.05, 0.1) is 12.8 Å². The fraction of sp³-hybridized carbons (Fsp3) is 0.250. The summed E-state index contributed by atoms with van der Waals surface area (Å²) in [5, 5.41) is 11.6. The van der Waals surface area contributed by atoms with Crippen LogP contribution in [-0.4, -0.2) is 27.7 Å². The SMILES string of the molecule is CCCCCOc1ccc(/C=N\n2c(-c3ccccc3)n[nH]c2=S)cc1. The van der Waals surface area contributed by atoms with Crippen LogP contribution in [0.5, 0.6) is 5.75 Å². The standard InChI is InChI=1S/C20H22N4OS/c1-2-3-7-14-25-18-12-10-16(11-13-18)15-21-24-19(22-23-20(24)26)17-8-5-4-6-9-17/h4-6,8-13,15H,2-3,7,14H2,1H3,(H,23,26)/b21-15-. The maximum absolute atomic E-state index is 5.73. The predicted molar refractivity (Wildman–Crippen MR) is 107 cm³/mol. The smallest absolute Gasteiger partial charge is 0.216 e. The van der Waals surface area contributed by atoms with Crippen molar-refractivity contribution < 1.29 is 4.74 Å². The lowest BCUT2D eigenvalue weighted by atomic mass is 10.2. The van der Waals surface area contributed by atoms with E-state index in [-0.39, 0.29) is 0 Å². The molecule has 0 radical (unpaired) electrons. The number of benzene rings is 2. The van der Waals surface area contributed by atoms with Gasteiger partial charge in [0.15, 0.2) is 5.82 Å². The summed E-state index contributed by atoms with van der Waals surface area (Å²) in [5.41, 5.74) is 1.92. The van der Waals surface area contributed by atoms with E-state index < -0.39 is 0 Å². The molecule has 1 heterocycles. The van der Waals surface area contributed by atoms with Crippen LogP contribution in [0.25, 0.3) is 11.4 Å². The van der Waals surface area contributed by atoms with Crippen LogP contribution in [0, 0.1) is 4.77 Å². The van der Waals surface area contributed by atoms with Gasteiger partial charge in [-0.1, -0.05) is 50.1 Å². The Kier molecular flexibility index (Phi) is 6.33. The third-order valence-electron chi connectivity index (χ3n) is 3.90. The summed E-state index contributed by atoms with van der Waals surface area (Å²) in [4.78, 5) is 0. The van der Waals surface area contributed by atoms with E-state index >= 15 is 0 Å². The van der Waals surface area contributed by atoms with E-state index in [2.05, 4.69) is 22.2 Å². The minimum Gasteiger partial charge on any atom is -0.494 e. The highest BCUT2D eigenvalue weighted by molar-refractivity contribution is 7.71. The van der Waals surface area contributed by atoms with Gasteiger partial charge in [0.1, 0.15) is 5.75 Å². The van der Waals surface area contributed by atoms with Gasteiger partial charge in [-0.2, -0.15) is 14.9 Å². The second-order valence-corrected chi connectivity index (χ2v) is 6.29. The van der Waals surface area contributed by atoms with Gasteiger partial charge >= 0.3 is 0 Å². The molecule has 0 aliphatic rings. The van der Waals surface area contributed by atoms with Gasteiger partial charge in [0.25, 0.3) is 0 Å². The Hall–Kier alpha value is -2.73. The molecule has 5 nitrogen and oxygen atoms in total. The zero-order chi connectivity index (χ0) is 18.2. The highest BCUT2D eigenvalue weighted by atomic mass is 32.1. The largest absolute Gasteiger partial charge is 0.494 e. The molecule has 26 heavy (non-hydrogen) atoms. The number of rotatable bonds is 8. The van der Waals surface area contributed by atoms with Gasteiger partial charge < -0.3 is 4.74 Å². The lowest BCUT2D eigenvalue weighted by Gasteiger charge is -2.05. The Morgan fingerprint density at radius 3 is 2.62 bits per heavy atom. The molecule has 0 atom stereocenters. The second kappa shape index (κ2) is 9.10. The zero-order valence-electron chi connectivity index (χ0n) is 14.8. The number of hydrogen-bond donors (Lipinski definition) is 1. The number of nitrogens with one attached hydrogen (secondary N) is 1. The van der Waals surface area contributed by atoms with Crippen LogP contribution in [0.15, 0.2) is 59.7 Å². The second-order valence-electron chi connectivity index (χ2n) is 5.90. The monoisotopic (exact) mass is 366 g/mol. The molecule has 0 aliphatic heterocycles. The molecule has 0 aliphatic carbocycles. The van der Waals surface area contributed by atoms with Crippen molar-refractivity contribution in [3.05, 3.63) is 64.9 Å². The molecule has 2 aromatic carbocycles. The molecule has 0 saturated heterocycles. The Bertz CT molecular complexity index is 898. The number of unbranched alkanes of at least 4 members (excludes halogenated alkanes) is 2. The van der Waals surface area contributed by atoms with E-state index in [4.69, 9.17) is 17.0 Å². The summed E-state index contributed by atoms with van der Waals surface area (Å²) >= 11 is 5.29. The van der Waals surface area contributed by atoms with Crippen LogP contribution in [0.2, 0.25) is 0 Å². The quantitative estimate of drug-likeness (QED) is 0.344. The molecule has 0 amide bonds. The van der Waals surface area contributed by atoms with E-state index in [1.807, 2.05) is 54.6 Å². The Labute approximate surface area is 158 Å². The lowest BCUT2D eigenvalue weighted by Crippen LogP contribution is -1.97. The average molecular weight is 366 g/mol. The Morgan fingerprint density at radius 2 is 1.88 bits per heavy atom. The van der Waals surface area contributed by atoms with Gasteiger partial charge in [-0.3, -0.25) is 0 Å². The summed E-state index contributed by atoms with van der Waals surface area (Å²) in [6, 6.07) is 17.7. The normalized spacial score (nSPS) is 11.1. The van der Waals surface area contributed by atoms with Gasteiger partial charge in [0.2, 0.25) is 4.77 Å². The molecule has 0 spiro atoms. The summed E-state index contributed by atoms with van der Waals surface area (Å²) in [7, 11) is 0. The van der Waals surface area contributed by atoms with Gasteiger partial charge in [-0.05, 0) is 48.5 Å². The summed E-state index contributed by atoms with van der Waals surface area (Å²) in [6.07, 6.45) is 5.24. The number of aromatic nitrogens is 3. The van der Waals surface area contributed by atoms with Crippen molar-refractivity contribution in [1.82, 2.24) is 14.9 Å². The third-order valence-corrected chi connectivity index (χ3v) is 4.17. The van der Waals surface area contributed by atoms with Crippen molar-refractivity contribution in [3.63, 3.8) is 0 Å². The van der Waals surface area contributed by atoms with E-state index in [9.17, 15) is 0 Å². The molecule has 1 aromatic heterocycles. The summed E-state index contributed by atoms with van der Waals surface area (Å²) < 4.78 is 7.81. The first-order valence-corrected chi connectivity index (χ1v) is 9.19. The first-order chi connectivity index (χ1) is 12.8. The number of hydrogen-bond acceptors (Lipinski definition) is 4. The van der Waals surface area contributed by atoms with Crippen molar-refractivity contribution in [1.29, 1.82) is 0 Å². The minimum atomic E-state index is 0.455. The fourth-order valence-corrected chi connectivity index (χ4v) is 2.67. The maximum atomic E-state index is 5.73. The van der Waals surface area contributed by atoms with E-state index in [0.717, 1.165) is 29.9 Å². The van der Waals surface area contributed by atoms with Crippen molar-refractivity contribution in [3.8, 4) is 17.1 Å². The lowest BCUT2D eigenvalue weighted by molar-refractivity contribution is 0.306. The molecule has 0 saturated carbocycles. The summed E-state index contributed by atoms with van der Waals surface area (Å²) in [5.74, 6) is 1.56. The van der Waals surface area contributed by atoms with E-state index in [0.29, 0.717) is 10.6 Å². The highest BCUT2D eigenvalue weighted by Gasteiger charge is 2.07. The Morgan fingerprint density at radius 1 is 1.12 bits per heavy atom. The average Bonchev–Trinajstić information content (AvgIpc) is 3.06.